The molecule has 2 aliphatic heterocycles. The third kappa shape index (κ3) is 1.58. The van der Waals surface area contributed by atoms with Crippen molar-refractivity contribution < 1.29 is 9.59 Å². The average Bonchev–Trinajstić information content (AvgIpc) is 3.00. The lowest BCUT2D eigenvalue weighted by Gasteiger charge is -2.32. The molecule has 0 radical (unpaired) electrons. The number of carbonyl (C=O) groups is 2. The van der Waals surface area contributed by atoms with Gasteiger partial charge < -0.3 is 5.32 Å². The van der Waals surface area contributed by atoms with E-state index < -0.39 is 4.87 Å². The summed E-state index contributed by atoms with van der Waals surface area (Å²) in [5, 5.41) is 2.90. The molecule has 104 valence electrons. The Hall–Kier alpha value is -2.27. The summed E-state index contributed by atoms with van der Waals surface area (Å²) in [6, 6.07) is 16.9. The standard InChI is InChI=1S/C16H12N2O2S/c19-14-10-21-16(18(14)11-6-2-1-3-7-11)12-8-4-5-9-13(12)17-15(16)20/h1-9H,10H2,(H,17,20). The molecule has 4 nitrogen and oxygen atoms in total. The topological polar surface area (TPSA) is 49.4 Å². The van der Waals surface area contributed by atoms with Crippen LogP contribution in [0.4, 0.5) is 11.4 Å². The van der Waals surface area contributed by atoms with Crippen LogP contribution in [0.1, 0.15) is 5.56 Å². The molecule has 0 aromatic heterocycles. The number of hydrogen-bond acceptors (Lipinski definition) is 3. The van der Waals surface area contributed by atoms with Crippen LogP contribution in [0, 0.1) is 0 Å². The van der Waals surface area contributed by atoms with Crippen molar-refractivity contribution in [3.8, 4) is 0 Å². The van der Waals surface area contributed by atoms with Gasteiger partial charge in [0.25, 0.3) is 5.91 Å². The summed E-state index contributed by atoms with van der Waals surface area (Å²) in [5.41, 5.74) is 2.39. The van der Waals surface area contributed by atoms with E-state index in [0.29, 0.717) is 5.75 Å². The first kappa shape index (κ1) is 12.5. The zero-order valence-corrected chi connectivity index (χ0v) is 11.9. The summed E-state index contributed by atoms with van der Waals surface area (Å²) >= 11 is 1.38. The van der Waals surface area contributed by atoms with E-state index >= 15 is 0 Å². The van der Waals surface area contributed by atoms with Gasteiger partial charge in [0.05, 0.1) is 5.75 Å². The number of thioether (sulfide) groups is 1. The predicted molar refractivity (Wildman–Crippen MR) is 83.1 cm³/mol. The monoisotopic (exact) mass is 296 g/mol. The van der Waals surface area contributed by atoms with Crippen LogP contribution in [0.3, 0.4) is 0 Å². The van der Waals surface area contributed by atoms with Crippen LogP contribution in [-0.4, -0.2) is 17.6 Å². The number of benzene rings is 2. The lowest BCUT2D eigenvalue weighted by molar-refractivity contribution is -0.122. The maximum atomic E-state index is 12.7. The van der Waals surface area contributed by atoms with Gasteiger partial charge in [0, 0.05) is 16.9 Å². The van der Waals surface area contributed by atoms with Crippen LogP contribution in [0.15, 0.2) is 54.6 Å². The molecule has 2 aromatic carbocycles. The van der Waals surface area contributed by atoms with Crippen molar-refractivity contribution in [2.24, 2.45) is 0 Å². The van der Waals surface area contributed by atoms with Crippen molar-refractivity contribution in [1.82, 2.24) is 0 Å². The van der Waals surface area contributed by atoms with Crippen molar-refractivity contribution in [3.63, 3.8) is 0 Å². The fraction of sp³-hybridized carbons (Fsp3) is 0.125. The van der Waals surface area contributed by atoms with E-state index in [1.54, 1.807) is 4.90 Å². The predicted octanol–water partition coefficient (Wildman–Crippen LogP) is 2.57. The molecule has 1 spiro atoms. The number of amides is 2. The summed E-state index contributed by atoms with van der Waals surface area (Å²) in [6.45, 7) is 0. The lowest BCUT2D eigenvalue weighted by atomic mass is 10.0. The summed E-state index contributed by atoms with van der Waals surface area (Å²) < 4.78 is 0. The Morgan fingerprint density at radius 3 is 2.52 bits per heavy atom. The molecule has 1 fully saturated rings. The Labute approximate surface area is 126 Å². The molecule has 1 saturated heterocycles. The second kappa shape index (κ2) is 4.36. The number of rotatable bonds is 1. The van der Waals surface area contributed by atoms with Gasteiger partial charge in [-0.2, -0.15) is 0 Å². The Morgan fingerprint density at radius 2 is 1.71 bits per heavy atom. The van der Waals surface area contributed by atoms with Gasteiger partial charge in [0.1, 0.15) is 0 Å². The minimum absolute atomic E-state index is 0.0435. The fourth-order valence-corrected chi connectivity index (χ4v) is 4.27. The number of para-hydroxylation sites is 2. The molecule has 0 aliphatic carbocycles. The highest BCUT2D eigenvalue weighted by Gasteiger charge is 2.58. The van der Waals surface area contributed by atoms with Gasteiger partial charge in [-0.25, -0.2) is 0 Å². The van der Waals surface area contributed by atoms with E-state index in [4.69, 9.17) is 0 Å². The van der Waals surface area contributed by atoms with Crippen LogP contribution in [0.5, 0.6) is 0 Å². The van der Waals surface area contributed by atoms with Crippen LogP contribution in [0.25, 0.3) is 0 Å². The smallest absolute Gasteiger partial charge is 0.266 e. The van der Waals surface area contributed by atoms with E-state index in [2.05, 4.69) is 5.32 Å². The Balaban J connectivity index is 1.94. The maximum absolute atomic E-state index is 12.7. The van der Waals surface area contributed by atoms with E-state index in [9.17, 15) is 9.59 Å². The highest BCUT2D eigenvalue weighted by Crippen LogP contribution is 2.53. The molecule has 4 rings (SSSR count). The number of fused-ring (bicyclic) bond motifs is 2. The molecule has 2 aliphatic rings. The summed E-state index contributed by atoms with van der Waals surface area (Å²) in [7, 11) is 0. The molecule has 2 aromatic rings. The van der Waals surface area contributed by atoms with Crippen molar-refractivity contribution in [2.75, 3.05) is 16.0 Å². The highest BCUT2D eigenvalue weighted by atomic mass is 32.2. The molecule has 0 bridgehead atoms. The molecule has 2 amide bonds. The second-order valence-corrected chi connectivity index (χ2v) is 6.17. The SMILES string of the molecule is O=C1CSC2(C(=O)Nc3ccccc32)N1c1ccccc1. The first-order chi connectivity index (χ1) is 10.2. The first-order valence-electron chi connectivity index (χ1n) is 6.66. The van der Waals surface area contributed by atoms with Gasteiger partial charge in [-0.05, 0) is 18.2 Å². The normalized spacial score (nSPS) is 23.5. The van der Waals surface area contributed by atoms with Crippen LogP contribution >= 0.6 is 11.8 Å². The van der Waals surface area contributed by atoms with Gasteiger partial charge in [0.15, 0.2) is 0 Å². The molecular formula is C16H12N2O2S. The number of anilines is 2. The van der Waals surface area contributed by atoms with Gasteiger partial charge in [-0.1, -0.05) is 36.4 Å². The molecule has 1 unspecified atom stereocenters. The third-order valence-corrected chi connectivity index (χ3v) is 5.23. The quantitative estimate of drug-likeness (QED) is 0.880. The minimum Gasteiger partial charge on any atom is -0.323 e. The van der Waals surface area contributed by atoms with Gasteiger partial charge >= 0.3 is 0 Å². The number of nitrogens with zero attached hydrogens (tertiary/aromatic N) is 1. The zero-order valence-electron chi connectivity index (χ0n) is 11.1. The van der Waals surface area contributed by atoms with Gasteiger partial charge in [-0.3, -0.25) is 14.5 Å². The Kier molecular flexibility index (Phi) is 2.59. The third-order valence-electron chi connectivity index (χ3n) is 3.83. The maximum Gasteiger partial charge on any atom is 0.266 e. The molecule has 5 heteroatoms. The van der Waals surface area contributed by atoms with Crippen LogP contribution < -0.4 is 10.2 Å². The zero-order chi connectivity index (χ0) is 14.4. The summed E-state index contributed by atoms with van der Waals surface area (Å²) in [5.74, 6) is 0.109. The molecule has 1 N–H and O–H groups in total. The molecule has 2 heterocycles. The first-order valence-corrected chi connectivity index (χ1v) is 7.65. The lowest BCUT2D eigenvalue weighted by Crippen LogP contribution is -2.47. The molecular weight excluding hydrogens is 284 g/mol. The van der Waals surface area contributed by atoms with Crippen molar-refractivity contribution in [2.45, 2.75) is 4.87 Å². The average molecular weight is 296 g/mol. The number of hydrogen-bond donors (Lipinski definition) is 1. The molecule has 21 heavy (non-hydrogen) atoms. The van der Waals surface area contributed by atoms with E-state index in [1.807, 2.05) is 54.6 Å². The van der Waals surface area contributed by atoms with Gasteiger partial charge in [-0.15, -0.1) is 11.8 Å². The summed E-state index contributed by atoms with van der Waals surface area (Å²) in [4.78, 5) is 25.7. The van der Waals surface area contributed by atoms with Crippen LogP contribution in [-0.2, 0) is 14.5 Å². The van der Waals surface area contributed by atoms with Crippen molar-refractivity contribution in [1.29, 1.82) is 0 Å². The number of carbonyl (C=O) groups excluding carboxylic acids is 2. The van der Waals surface area contributed by atoms with E-state index in [-0.39, 0.29) is 11.8 Å². The molecule has 1 atom stereocenters. The van der Waals surface area contributed by atoms with Gasteiger partial charge in [0.2, 0.25) is 10.8 Å². The number of nitrogens with one attached hydrogen (secondary N) is 1. The summed E-state index contributed by atoms with van der Waals surface area (Å²) in [6.07, 6.45) is 0. The van der Waals surface area contributed by atoms with E-state index in [0.717, 1.165) is 16.9 Å². The Bertz CT molecular complexity index is 747. The van der Waals surface area contributed by atoms with Crippen LogP contribution in [0.2, 0.25) is 0 Å². The van der Waals surface area contributed by atoms with Crippen molar-refractivity contribution in [3.05, 3.63) is 60.2 Å². The fourth-order valence-electron chi connectivity index (χ4n) is 2.96. The highest BCUT2D eigenvalue weighted by molar-refractivity contribution is 8.02. The van der Waals surface area contributed by atoms with E-state index in [1.165, 1.54) is 11.8 Å². The second-order valence-electron chi connectivity index (χ2n) is 5.00. The largest absolute Gasteiger partial charge is 0.323 e. The Morgan fingerprint density at radius 1 is 1.00 bits per heavy atom. The minimum atomic E-state index is -0.977. The van der Waals surface area contributed by atoms with Crippen molar-refractivity contribution >= 4 is 35.0 Å². The molecule has 0 saturated carbocycles.